The second-order valence-corrected chi connectivity index (χ2v) is 4.02. The predicted molar refractivity (Wildman–Crippen MR) is 58.9 cm³/mol. The number of H-pyrrole nitrogens is 2. The number of rotatable bonds is 0. The zero-order valence-corrected chi connectivity index (χ0v) is 9.39. The highest BCUT2D eigenvalue weighted by Crippen LogP contribution is 2.19. The molecule has 0 fully saturated rings. The van der Waals surface area contributed by atoms with Gasteiger partial charge in [0.2, 0.25) is 0 Å². The van der Waals surface area contributed by atoms with Crippen LogP contribution in [-0.2, 0) is 0 Å². The van der Waals surface area contributed by atoms with Crippen LogP contribution >= 0.6 is 22.6 Å². The Labute approximate surface area is 87.9 Å². The lowest BCUT2D eigenvalue weighted by atomic mass is 10.2. The van der Waals surface area contributed by atoms with Crippen LogP contribution in [0, 0.1) is 17.4 Å². The molecule has 5 heteroatoms. The van der Waals surface area contributed by atoms with Crippen LogP contribution in [0.3, 0.4) is 0 Å². The number of fused-ring (bicyclic) bond motifs is 1. The molecule has 0 unspecified atom stereocenters. The summed E-state index contributed by atoms with van der Waals surface area (Å²) >= 11 is 2.23. The molecule has 0 radical (unpaired) electrons. The normalized spacial score (nSPS) is 11.0. The number of nitrogens with one attached hydrogen (secondary N) is 2. The first-order chi connectivity index (χ1) is 6.09. The average Bonchev–Trinajstić information content (AvgIpc) is 2.42. The Bertz CT molecular complexity index is 526. The smallest absolute Gasteiger partial charge is 0.304 e. The van der Waals surface area contributed by atoms with Crippen molar-refractivity contribution >= 4 is 33.8 Å². The topological polar surface area (TPSA) is 61.5 Å². The number of hydrogen-bond donors (Lipinski definition) is 2. The van der Waals surface area contributed by atoms with Crippen molar-refractivity contribution in [1.82, 2.24) is 15.0 Å². The number of aromatic nitrogens is 3. The summed E-state index contributed by atoms with van der Waals surface area (Å²) in [5, 5.41) is 0. The number of hydrogen-bond acceptors (Lipinski definition) is 2. The maximum absolute atomic E-state index is 11.0. The molecule has 2 aromatic rings. The van der Waals surface area contributed by atoms with Crippen molar-refractivity contribution in [2.75, 3.05) is 0 Å². The van der Waals surface area contributed by atoms with Crippen LogP contribution in [-0.4, -0.2) is 15.0 Å². The monoisotopic (exact) mass is 289 g/mol. The van der Waals surface area contributed by atoms with E-state index in [2.05, 4.69) is 37.5 Å². The molecule has 2 N–H and O–H groups in total. The van der Waals surface area contributed by atoms with E-state index in [-0.39, 0.29) is 5.69 Å². The summed E-state index contributed by atoms with van der Waals surface area (Å²) in [5.41, 5.74) is 3.26. The average molecular weight is 289 g/mol. The summed E-state index contributed by atoms with van der Waals surface area (Å²) < 4.78 is 1.10. The first-order valence-corrected chi connectivity index (χ1v) is 4.92. The van der Waals surface area contributed by atoms with Gasteiger partial charge >= 0.3 is 5.69 Å². The SMILES string of the molecule is Cc1nc2[nH]c(=O)[nH]c2c(C)c1I. The molecule has 0 spiro atoms. The largest absolute Gasteiger partial charge is 0.325 e. The van der Waals surface area contributed by atoms with E-state index in [9.17, 15) is 4.79 Å². The van der Waals surface area contributed by atoms with Crippen molar-refractivity contribution in [2.24, 2.45) is 0 Å². The van der Waals surface area contributed by atoms with Gasteiger partial charge in [-0.3, -0.25) is 4.98 Å². The third-order valence-electron chi connectivity index (χ3n) is 2.01. The van der Waals surface area contributed by atoms with E-state index < -0.39 is 0 Å². The van der Waals surface area contributed by atoms with E-state index in [0.717, 1.165) is 20.3 Å². The first kappa shape index (κ1) is 8.74. The molecule has 0 saturated carbocycles. The Morgan fingerprint density at radius 2 is 2.00 bits per heavy atom. The molecule has 2 aromatic heterocycles. The van der Waals surface area contributed by atoms with Crippen LogP contribution in [0.25, 0.3) is 11.2 Å². The van der Waals surface area contributed by atoms with E-state index >= 15 is 0 Å². The zero-order chi connectivity index (χ0) is 9.59. The highest BCUT2D eigenvalue weighted by atomic mass is 127. The molecule has 2 heterocycles. The lowest BCUT2D eigenvalue weighted by Crippen LogP contribution is -1.99. The molecule has 2 rings (SSSR count). The van der Waals surface area contributed by atoms with Gasteiger partial charge in [0.25, 0.3) is 0 Å². The summed E-state index contributed by atoms with van der Waals surface area (Å²) in [5.74, 6) is 0. The molecule has 0 saturated heterocycles. The standard InChI is InChI=1S/C8H8IN3O/c1-3-5(9)4(2)10-7-6(3)11-8(13)12-7/h1-2H3,(H2,10,11,12,13). The highest BCUT2D eigenvalue weighted by Gasteiger charge is 2.08. The minimum Gasteiger partial charge on any atom is -0.304 e. The number of pyridine rings is 1. The quantitative estimate of drug-likeness (QED) is 0.721. The van der Waals surface area contributed by atoms with Gasteiger partial charge in [0.15, 0.2) is 5.65 Å². The van der Waals surface area contributed by atoms with E-state index in [0.29, 0.717) is 5.65 Å². The third-order valence-corrected chi connectivity index (χ3v) is 3.60. The van der Waals surface area contributed by atoms with Crippen LogP contribution in [0.15, 0.2) is 4.79 Å². The van der Waals surface area contributed by atoms with Gasteiger partial charge in [-0.15, -0.1) is 0 Å². The van der Waals surface area contributed by atoms with Crippen molar-refractivity contribution in [1.29, 1.82) is 0 Å². The number of nitrogens with zero attached hydrogens (tertiary/aromatic N) is 1. The Morgan fingerprint density at radius 1 is 1.31 bits per heavy atom. The minimum absolute atomic E-state index is 0.202. The molecule has 0 aliphatic carbocycles. The van der Waals surface area contributed by atoms with Crippen molar-refractivity contribution in [2.45, 2.75) is 13.8 Å². The fraction of sp³-hybridized carbons (Fsp3) is 0.250. The second kappa shape index (κ2) is 2.83. The number of halogens is 1. The van der Waals surface area contributed by atoms with Gasteiger partial charge in [-0.25, -0.2) is 9.78 Å². The van der Waals surface area contributed by atoms with Gasteiger partial charge < -0.3 is 4.98 Å². The van der Waals surface area contributed by atoms with E-state index in [1.807, 2.05) is 13.8 Å². The van der Waals surface area contributed by atoms with Gasteiger partial charge in [0.1, 0.15) is 0 Å². The highest BCUT2D eigenvalue weighted by molar-refractivity contribution is 14.1. The summed E-state index contributed by atoms with van der Waals surface area (Å²) in [6, 6.07) is 0. The van der Waals surface area contributed by atoms with Crippen LogP contribution in [0.5, 0.6) is 0 Å². The first-order valence-electron chi connectivity index (χ1n) is 3.84. The van der Waals surface area contributed by atoms with Crippen LogP contribution in [0.1, 0.15) is 11.3 Å². The molecule has 0 amide bonds. The molecular weight excluding hydrogens is 281 g/mol. The lowest BCUT2D eigenvalue weighted by Gasteiger charge is -2.01. The van der Waals surface area contributed by atoms with Crippen LogP contribution < -0.4 is 5.69 Å². The number of imidazole rings is 1. The summed E-state index contributed by atoms with van der Waals surface area (Å²) in [4.78, 5) is 20.6. The van der Waals surface area contributed by atoms with Gasteiger partial charge in [0.05, 0.1) is 11.2 Å². The molecular formula is C8H8IN3O. The van der Waals surface area contributed by atoms with Crippen LogP contribution in [0.4, 0.5) is 0 Å². The molecule has 4 nitrogen and oxygen atoms in total. The fourth-order valence-corrected chi connectivity index (χ4v) is 1.72. The van der Waals surface area contributed by atoms with Crippen molar-refractivity contribution in [3.05, 3.63) is 25.3 Å². The molecule has 0 bridgehead atoms. The Hall–Kier alpha value is -0.850. The van der Waals surface area contributed by atoms with Gasteiger partial charge in [-0.2, -0.15) is 0 Å². The summed E-state index contributed by atoms with van der Waals surface area (Å²) in [6.07, 6.45) is 0. The number of aromatic amines is 2. The molecule has 0 aliphatic heterocycles. The van der Waals surface area contributed by atoms with Gasteiger partial charge in [-0.05, 0) is 42.0 Å². The maximum Gasteiger partial charge on any atom is 0.325 e. The van der Waals surface area contributed by atoms with Crippen LogP contribution in [0.2, 0.25) is 0 Å². The molecule has 0 atom stereocenters. The lowest BCUT2D eigenvalue weighted by molar-refractivity contribution is 1.17. The molecule has 0 aromatic carbocycles. The number of aryl methyl sites for hydroxylation is 2. The second-order valence-electron chi connectivity index (χ2n) is 2.94. The third kappa shape index (κ3) is 1.27. The van der Waals surface area contributed by atoms with Crippen molar-refractivity contribution in [3.8, 4) is 0 Å². The predicted octanol–water partition coefficient (Wildman–Crippen LogP) is 1.47. The Balaban J connectivity index is 3.00. The Kier molecular flexibility index (Phi) is 1.90. The molecule has 13 heavy (non-hydrogen) atoms. The molecule has 68 valence electrons. The summed E-state index contributed by atoms with van der Waals surface area (Å²) in [7, 11) is 0. The maximum atomic E-state index is 11.0. The molecule has 0 aliphatic rings. The van der Waals surface area contributed by atoms with E-state index in [4.69, 9.17) is 0 Å². The van der Waals surface area contributed by atoms with E-state index in [1.165, 1.54) is 0 Å². The Morgan fingerprint density at radius 3 is 2.69 bits per heavy atom. The van der Waals surface area contributed by atoms with E-state index in [1.54, 1.807) is 0 Å². The van der Waals surface area contributed by atoms with Crippen molar-refractivity contribution < 1.29 is 0 Å². The van der Waals surface area contributed by atoms with Gasteiger partial charge in [-0.1, -0.05) is 0 Å². The fourth-order valence-electron chi connectivity index (χ4n) is 1.33. The van der Waals surface area contributed by atoms with Crippen molar-refractivity contribution in [3.63, 3.8) is 0 Å². The zero-order valence-electron chi connectivity index (χ0n) is 7.23. The summed E-state index contributed by atoms with van der Waals surface area (Å²) in [6.45, 7) is 3.90. The minimum atomic E-state index is -0.202. The van der Waals surface area contributed by atoms with Gasteiger partial charge in [0, 0.05) is 3.57 Å².